The van der Waals surface area contributed by atoms with Gasteiger partial charge in [0.15, 0.2) is 17.4 Å². The molecule has 0 aliphatic rings. The van der Waals surface area contributed by atoms with Gasteiger partial charge >= 0.3 is 0 Å². The Morgan fingerprint density at radius 2 is 2.00 bits per heavy atom. The predicted octanol–water partition coefficient (Wildman–Crippen LogP) is 5.40. The molecular weight excluding hydrogens is 426 g/mol. The highest BCUT2D eigenvalue weighted by Gasteiger charge is 2.16. The number of hydrogen-bond donors (Lipinski definition) is 2. The molecule has 0 unspecified atom stereocenters. The van der Waals surface area contributed by atoms with Crippen molar-refractivity contribution in [3.63, 3.8) is 0 Å². The molecule has 31 heavy (non-hydrogen) atoms. The zero-order valence-corrected chi connectivity index (χ0v) is 17.6. The molecule has 0 saturated carbocycles. The smallest absolute Gasteiger partial charge is 0.218 e. The first-order chi connectivity index (χ1) is 15.0. The van der Waals surface area contributed by atoms with Gasteiger partial charge in [-0.05, 0) is 36.8 Å². The summed E-state index contributed by atoms with van der Waals surface area (Å²) in [5.41, 5.74) is 3.17. The standard InChI is InChI=1S/C22H19ClF2N4O2/c1-12-7-27-21-16(12)5-13(8-28-21)11-31-20-17(24)3-4-18(19(20)25)26-9-14-6-15(23)10-29-22(14)30-2/h3-8,10,26H,9,11H2,1-2H3,(H,27,28). The number of aromatic nitrogens is 3. The number of benzene rings is 1. The van der Waals surface area contributed by atoms with Crippen LogP contribution in [-0.2, 0) is 13.2 Å². The highest BCUT2D eigenvalue weighted by molar-refractivity contribution is 6.30. The summed E-state index contributed by atoms with van der Waals surface area (Å²) in [6.07, 6.45) is 4.91. The zero-order valence-electron chi connectivity index (χ0n) is 16.8. The van der Waals surface area contributed by atoms with Crippen LogP contribution in [0.4, 0.5) is 14.5 Å². The molecule has 0 saturated heterocycles. The van der Waals surface area contributed by atoms with Crippen LogP contribution in [0, 0.1) is 18.6 Å². The quantitative estimate of drug-likeness (QED) is 0.399. The Morgan fingerprint density at radius 1 is 1.16 bits per heavy atom. The molecular formula is C22H19ClF2N4O2. The number of H-pyrrole nitrogens is 1. The van der Waals surface area contributed by atoms with E-state index >= 15 is 0 Å². The molecule has 160 valence electrons. The minimum absolute atomic E-state index is 0.0309. The van der Waals surface area contributed by atoms with Gasteiger partial charge < -0.3 is 19.8 Å². The van der Waals surface area contributed by atoms with Gasteiger partial charge in [0.05, 0.1) is 17.8 Å². The summed E-state index contributed by atoms with van der Waals surface area (Å²) in [6, 6.07) is 5.99. The van der Waals surface area contributed by atoms with Crippen molar-refractivity contribution in [2.75, 3.05) is 12.4 Å². The maximum Gasteiger partial charge on any atom is 0.218 e. The summed E-state index contributed by atoms with van der Waals surface area (Å²) in [6.45, 7) is 2.09. The van der Waals surface area contributed by atoms with Crippen molar-refractivity contribution >= 4 is 28.3 Å². The molecule has 4 rings (SSSR count). The van der Waals surface area contributed by atoms with E-state index in [4.69, 9.17) is 21.1 Å². The Bertz CT molecular complexity index is 1250. The second-order valence-corrected chi connectivity index (χ2v) is 7.35. The van der Waals surface area contributed by atoms with E-state index in [1.807, 2.05) is 19.2 Å². The number of pyridine rings is 2. The van der Waals surface area contributed by atoms with Crippen molar-refractivity contribution in [2.45, 2.75) is 20.1 Å². The van der Waals surface area contributed by atoms with E-state index in [1.54, 1.807) is 12.3 Å². The number of ether oxygens (including phenoxy) is 2. The molecule has 0 spiro atoms. The lowest BCUT2D eigenvalue weighted by molar-refractivity contribution is 0.274. The molecule has 0 fully saturated rings. The maximum absolute atomic E-state index is 14.9. The van der Waals surface area contributed by atoms with Crippen LogP contribution in [0.1, 0.15) is 16.7 Å². The molecule has 0 aliphatic carbocycles. The average Bonchev–Trinajstić information content (AvgIpc) is 3.13. The van der Waals surface area contributed by atoms with Gasteiger partial charge in [0.2, 0.25) is 5.88 Å². The first-order valence-corrected chi connectivity index (χ1v) is 9.79. The fourth-order valence-corrected chi connectivity index (χ4v) is 3.36. The summed E-state index contributed by atoms with van der Waals surface area (Å²) in [7, 11) is 1.48. The number of nitrogens with zero attached hydrogens (tertiary/aromatic N) is 2. The molecule has 2 N–H and O–H groups in total. The summed E-state index contributed by atoms with van der Waals surface area (Å²) >= 11 is 5.97. The van der Waals surface area contributed by atoms with Crippen molar-refractivity contribution in [1.82, 2.24) is 15.0 Å². The number of nitrogens with one attached hydrogen (secondary N) is 2. The lowest BCUT2D eigenvalue weighted by atomic mass is 10.2. The van der Waals surface area contributed by atoms with Crippen LogP contribution in [0.3, 0.4) is 0 Å². The van der Waals surface area contributed by atoms with Crippen LogP contribution in [-0.4, -0.2) is 22.1 Å². The van der Waals surface area contributed by atoms with E-state index < -0.39 is 17.4 Å². The third-order valence-electron chi connectivity index (χ3n) is 4.78. The molecule has 6 nitrogen and oxygen atoms in total. The Kier molecular flexibility index (Phi) is 5.90. The minimum Gasteiger partial charge on any atom is -0.483 e. The lowest BCUT2D eigenvalue weighted by Gasteiger charge is -2.14. The Hall–Kier alpha value is -3.39. The molecule has 3 aromatic heterocycles. The molecule has 3 heterocycles. The molecule has 0 radical (unpaired) electrons. The molecule has 0 atom stereocenters. The first-order valence-electron chi connectivity index (χ1n) is 9.42. The first kappa shape index (κ1) is 20.9. The Balaban J connectivity index is 1.51. The normalized spacial score (nSPS) is 11.0. The van der Waals surface area contributed by atoms with E-state index in [9.17, 15) is 8.78 Å². The predicted molar refractivity (Wildman–Crippen MR) is 115 cm³/mol. The van der Waals surface area contributed by atoms with Gasteiger partial charge in [-0.3, -0.25) is 0 Å². The molecule has 0 aliphatic heterocycles. The van der Waals surface area contributed by atoms with Crippen LogP contribution >= 0.6 is 11.6 Å². The molecule has 4 aromatic rings. The summed E-state index contributed by atoms with van der Waals surface area (Å²) < 4.78 is 39.9. The van der Waals surface area contributed by atoms with E-state index in [2.05, 4.69) is 20.3 Å². The summed E-state index contributed by atoms with van der Waals surface area (Å²) in [5, 5.41) is 4.26. The van der Waals surface area contributed by atoms with Crippen molar-refractivity contribution in [2.24, 2.45) is 0 Å². The fourth-order valence-electron chi connectivity index (χ4n) is 3.18. The van der Waals surface area contributed by atoms with Crippen LogP contribution in [0.5, 0.6) is 11.6 Å². The van der Waals surface area contributed by atoms with E-state index in [1.165, 1.54) is 19.4 Å². The number of halogens is 3. The second-order valence-electron chi connectivity index (χ2n) is 6.91. The minimum atomic E-state index is -0.833. The number of aromatic amines is 1. The third kappa shape index (κ3) is 4.39. The van der Waals surface area contributed by atoms with Crippen molar-refractivity contribution in [3.8, 4) is 11.6 Å². The molecule has 0 amide bonds. The number of fused-ring (bicyclic) bond motifs is 1. The van der Waals surface area contributed by atoms with Crippen molar-refractivity contribution < 1.29 is 18.3 Å². The van der Waals surface area contributed by atoms with Crippen LogP contribution in [0.15, 0.2) is 42.9 Å². The number of hydrogen-bond acceptors (Lipinski definition) is 5. The lowest BCUT2D eigenvalue weighted by Crippen LogP contribution is -2.07. The maximum atomic E-state index is 14.9. The Morgan fingerprint density at radius 3 is 2.81 bits per heavy atom. The number of aryl methyl sites for hydroxylation is 1. The Labute approximate surface area is 182 Å². The van der Waals surface area contributed by atoms with Gasteiger partial charge in [0, 0.05) is 41.6 Å². The van der Waals surface area contributed by atoms with E-state index in [-0.39, 0.29) is 18.8 Å². The van der Waals surface area contributed by atoms with E-state index in [0.717, 1.165) is 22.7 Å². The van der Waals surface area contributed by atoms with Crippen molar-refractivity contribution in [1.29, 1.82) is 0 Å². The monoisotopic (exact) mass is 444 g/mol. The van der Waals surface area contributed by atoms with Crippen molar-refractivity contribution in [3.05, 3.63) is 76.2 Å². The number of anilines is 1. The SMILES string of the molecule is COc1ncc(Cl)cc1CNc1ccc(F)c(OCc2cnc3[nH]cc(C)c3c2)c1F. The summed E-state index contributed by atoms with van der Waals surface area (Å²) in [4.78, 5) is 11.4. The highest BCUT2D eigenvalue weighted by atomic mass is 35.5. The number of methoxy groups -OCH3 is 1. The second kappa shape index (κ2) is 8.77. The van der Waals surface area contributed by atoms with Gasteiger partial charge in [0.1, 0.15) is 12.3 Å². The van der Waals surface area contributed by atoms with Crippen LogP contribution in [0.25, 0.3) is 11.0 Å². The van der Waals surface area contributed by atoms with Gasteiger partial charge in [-0.1, -0.05) is 11.6 Å². The molecule has 1 aromatic carbocycles. The van der Waals surface area contributed by atoms with Gasteiger partial charge in [0.25, 0.3) is 0 Å². The zero-order chi connectivity index (χ0) is 22.0. The molecule has 0 bridgehead atoms. The van der Waals surface area contributed by atoms with Gasteiger partial charge in [-0.15, -0.1) is 0 Å². The molecule has 9 heteroatoms. The fraction of sp³-hybridized carbons (Fsp3) is 0.182. The summed E-state index contributed by atoms with van der Waals surface area (Å²) in [5.74, 6) is -1.73. The highest BCUT2D eigenvalue weighted by Crippen LogP contribution is 2.30. The third-order valence-corrected chi connectivity index (χ3v) is 4.99. The van der Waals surface area contributed by atoms with Gasteiger partial charge in [-0.2, -0.15) is 0 Å². The van der Waals surface area contributed by atoms with Gasteiger partial charge in [-0.25, -0.2) is 18.7 Å². The topological polar surface area (TPSA) is 72.1 Å². The number of rotatable bonds is 7. The van der Waals surface area contributed by atoms with Crippen LogP contribution in [0.2, 0.25) is 5.02 Å². The largest absolute Gasteiger partial charge is 0.483 e. The van der Waals surface area contributed by atoms with E-state index in [0.29, 0.717) is 22.0 Å². The van der Waals surface area contributed by atoms with Crippen LogP contribution < -0.4 is 14.8 Å². The average molecular weight is 445 g/mol.